The van der Waals surface area contributed by atoms with Gasteiger partial charge in [0.2, 0.25) is 0 Å². The normalized spacial score (nSPS) is 16.8. The van der Waals surface area contributed by atoms with Gasteiger partial charge in [-0.3, -0.25) is 0 Å². The van der Waals surface area contributed by atoms with Gasteiger partial charge in [0.05, 0.1) is 17.5 Å². The van der Waals surface area contributed by atoms with Crippen molar-refractivity contribution in [2.75, 3.05) is 12.4 Å². The fraction of sp³-hybridized carbons (Fsp3) is 0.250. The lowest BCUT2D eigenvalue weighted by Gasteiger charge is -2.16. The molecule has 0 radical (unpaired) electrons. The summed E-state index contributed by atoms with van der Waals surface area (Å²) in [5.74, 6) is 2.37. The van der Waals surface area contributed by atoms with Crippen molar-refractivity contribution in [3.63, 3.8) is 0 Å². The predicted molar refractivity (Wildman–Crippen MR) is 91.4 cm³/mol. The Labute approximate surface area is 143 Å². The summed E-state index contributed by atoms with van der Waals surface area (Å²) in [6.45, 7) is 0.593. The van der Waals surface area contributed by atoms with Crippen molar-refractivity contribution in [1.29, 1.82) is 0 Å². The van der Waals surface area contributed by atoms with Gasteiger partial charge in [-0.1, -0.05) is 41.4 Å². The first-order valence-corrected chi connectivity index (χ1v) is 8.85. The van der Waals surface area contributed by atoms with Crippen LogP contribution in [0, 0.1) is 0 Å². The Hall–Kier alpha value is -0.540. The lowest BCUT2D eigenvalue weighted by molar-refractivity contribution is 0.296. The molecule has 1 unspecified atom stereocenters. The zero-order valence-electron chi connectivity index (χ0n) is 11.1. The molecule has 3 rings (SSSR count). The molecule has 0 N–H and O–H groups in total. The minimum absolute atomic E-state index is 0.325. The van der Waals surface area contributed by atoms with Crippen LogP contribution < -0.4 is 4.74 Å². The Morgan fingerprint density at radius 1 is 1.19 bits per heavy atom. The van der Waals surface area contributed by atoms with Crippen molar-refractivity contribution in [3.8, 4) is 5.75 Å². The highest BCUT2D eigenvalue weighted by molar-refractivity contribution is 7.99. The molecule has 0 amide bonds. The van der Waals surface area contributed by atoms with Crippen molar-refractivity contribution in [1.82, 2.24) is 0 Å². The number of alkyl halides is 1. The summed E-state index contributed by atoms with van der Waals surface area (Å²) in [5.41, 5.74) is 2.17. The monoisotopic (exact) mass is 358 g/mol. The first-order chi connectivity index (χ1) is 10.2. The highest BCUT2D eigenvalue weighted by atomic mass is 35.5. The molecule has 0 saturated carbocycles. The summed E-state index contributed by atoms with van der Waals surface area (Å²) in [7, 11) is 0. The Bertz CT molecular complexity index is 660. The van der Waals surface area contributed by atoms with E-state index in [1.807, 2.05) is 11.8 Å². The van der Waals surface area contributed by atoms with E-state index in [-0.39, 0.29) is 0 Å². The minimum atomic E-state index is 0.325. The molecule has 2 aromatic carbocycles. The summed E-state index contributed by atoms with van der Waals surface area (Å²) in [5, 5.41) is 1.09. The number of fused-ring (bicyclic) bond motifs is 1. The Kier molecular flexibility index (Phi) is 4.90. The SMILES string of the molecule is ClCc1cc(Cl)cc(Cl)c1OCC1CSc2ccccc21. The molecule has 1 nitrogen and oxygen atoms in total. The zero-order valence-corrected chi connectivity index (χ0v) is 14.2. The molecular weight excluding hydrogens is 347 g/mol. The summed E-state index contributed by atoms with van der Waals surface area (Å²) in [6.07, 6.45) is 0. The first kappa shape index (κ1) is 15.4. The van der Waals surface area contributed by atoms with Gasteiger partial charge in [0.25, 0.3) is 0 Å². The number of ether oxygens (including phenoxy) is 1. The lowest BCUT2D eigenvalue weighted by atomic mass is 10.0. The molecule has 0 aromatic heterocycles. The van der Waals surface area contributed by atoms with Crippen molar-refractivity contribution >= 4 is 46.6 Å². The molecule has 0 saturated heterocycles. The third kappa shape index (κ3) is 3.29. The van der Waals surface area contributed by atoms with Crippen molar-refractivity contribution in [3.05, 3.63) is 57.6 Å². The molecule has 0 bridgehead atoms. The van der Waals surface area contributed by atoms with Gasteiger partial charge in [-0.05, 0) is 23.8 Å². The third-order valence-electron chi connectivity index (χ3n) is 3.46. The van der Waals surface area contributed by atoms with Crippen molar-refractivity contribution in [2.45, 2.75) is 16.7 Å². The van der Waals surface area contributed by atoms with Crippen LogP contribution in [-0.2, 0) is 5.88 Å². The van der Waals surface area contributed by atoms with Crippen LogP contribution in [0.4, 0.5) is 0 Å². The van der Waals surface area contributed by atoms with Gasteiger partial charge in [0.1, 0.15) is 5.75 Å². The number of hydrogen-bond acceptors (Lipinski definition) is 2. The number of benzene rings is 2. The number of halogens is 3. The van der Waals surface area contributed by atoms with Crippen LogP contribution in [0.3, 0.4) is 0 Å². The molecule has 0 aliphatic carbocycles. The average molecular weight is 360 g/mol. The van der Waals surface area contributed by atoms with Crippen LogP contribution in [-0.4, -0.2) is 12.4 Å². The van der Waals surface area contributed by atoms with E-state index in [0.29, 0.717) is 34.2 Å². The van der Waals surface area contributed by atoms with Gasteiger partial charge in [-0.15, -0.1) is 23.4 Å². The summed E-state index contributed by atoms with van der Waals surface area (Å²) >= 11 is 20.0. The summed E-state index contributed by atoms with van der Waals surface area (Å²) in [6, 6.07) is 11.9. The van der Waals surface area contributed by atoms with Crippen LogP contribution in [0.15, 0.2) is 41.3 Å². The predicted octanol–water partition coefficient (Wildman–Crippen LogP) is 6.00. The second kappa shape index (κ2) is 6.70. The maximum Gasteiger partial charge on any atom is 0.142 e. The molecule has 2 aromatic rings. The van der Waals surface area contributed by atoms with Crippen molar-refractivity contribution in [2.24, 2.45) is 0 Å². The van der Waals surface area contributed by atoms with E-state index in [9.17, 15) is 0 Å². The second-order valence-electron chi connectivity index (χ2n) is 4.87. The number of hydrogen-bond donors (Lipinski definition) is 0. The molecule has 110 valence electrons. The second-order valence-corrected chi connectivity index (χ2v) is 7.04. The Morgan fingerprint density at radius 3 is 2.81 bits per heavy atom. The zero-order chi connectivity index (χ0) is 14.8. The molecular formula is C16H13Cl3OS. The summed E-state index contributed by atoms with van der Waals surface area (Å²) in [4.78, 5) is 1.34. The molecule has 1 atom stereocenters. The number of thioether (sulfide) groups is 1. The van der Waals surface area contributed by atoms with Gasteiger partial charge >= 0.3 is 0 Å². The Balaban J connectivity index is 1.78. The smallest absolute Gasteiger partial charge is 0.142 e. The van der Waals surface area contributed by atoms with Crippen LogP contribution in [0.5, 0.6) is 5.75 Å². The quantitative estimate of drug-likeness (QED) is 0.619. The van der Waals surface area contributed by atoms with Gasteiger partial charge < -0.3 is 4.74 Å². The highest BCUT2D eigenvalue weighted by Crippen LogP contribution is 2.40. The maximum atomic E-state index is 6.23. The minimum Gasteiger partial charge on any atom is -0.491 e. The molecule has 0 spiro atoms. The third-order valence-corrected chi connectivity index (χ3v) is 5.50. The molecule has 1 aliphatic heterocycles. The van der Waals surface area contributed by atoms with Gasteiger partial charge in [-0.2, -0.15) is 0 Å². The van der Waals surface area contributed by atoms with E-state index in [2.05, 4.69) is 24.3 Å². The van der Waals surface area contributed by atoms with E-state index in [1.165, 1.54) is 10.5 Å². The van der Waals surface area contributed by atoms with E-state index in [0.717, 1.165) is 11.3 Å². The topological polar surface area (TPSA) is 9.23 Å². The number of rotatable bonds is 4. The van der Waals surface area contributed by atoms with E-state index in [4.69, 9.17) is 39.5 Å². The summed E-state index contributed by atoms with van der Waals surface area (Å²) < 4.78 is 5.97. The van der Waals surface area contributed by atoms with Crippen LogP contribution in [0.2, 0.25) is 10.0 Å². The molecule has 1 heterocycles. The molecule has 1 aliphatic rings. The fourth-order valence-electron chi connectivity index (χ4n) is 2.43. The largest absolute Gasteiger partial charge is 0.491 e. The van der Waals surface area contributed by atoms with E-state index in [1.54, 1.807) is 12.1 Å². The van der Waals surface area contributed by atoms with Crippen LogP contribution in [0.25, 0.3) is 0 Å². The van der Waals surface area contributed by atoms with Gasteiger partial charge in [0, 0.05) is 27.2 Å². The van der Waals surface area contributed by atoms with Crippen molar-refractivity contribution < 1.29 is 4.74 Å². The molecule has 21 heavy (non-hydrogen) atoms. The fourth-order valence-corrected chi connectivity index (χ4v) is 4.45. The maximum absolute atomic E-state index is 6.23. The lowest BCUT2D eigenvalue weighted by Crippen LogP contribution is -2.11. The van der Waals surface area contributed by atoms with Crippen LogP contribution >= 0.6 is 46.6 Å². The molecule has 5 heteroatoms. The standard InChI is InChI=1S/C16H13Cl3OS/c17-7-10-5-12(18)6-14(19)16(10)20-8-11-9-21-15-4-2-1-3-13(11)15/h1-6,11H,7-9H2. The Morgan fingerprint density at radius 2 is 2.00 bits per heavy atom. The van der Waals surface area contributed by atoms with E-state index >= 15 is 0 Å². The van der Waals surface area contributed by atoms with Crippen LogP contribution in [0.1, 0.15) is 17.0 Å². The highest BCUT2D eigenvalue weighted by Gasteiger charge is 2.24. The first-order valence-electron chi connectivity index (χ1n) is 6.57. The van der Waals surface area contributed by atoms with Gasteiger partial charge in [-0.25, -0.2) is 0 Å². The molecule has 0 fully saturated rings. The van der Waals surface area contributed by atoms with Gasteiger partial charge in [0.15, 0.2) is 0 Å². The van der Waals surface area contributed by atoms with E-state index < -0.39 is 0 Å². The average Bonchev–Trinajstić information content (AvgIpc) is 2.89.